The van der Waals surface area contributed by atoms with Gasteiger partial charge >= 0.3 is 6.09 Å². The number of methoxy groups -OCH3 is 1. The number of carbonyl (C=O) groups is 1. The molecule has 2 aromatic heterocycles. The molecule has 1 amide bonds. The van der Waals surface area contributed by atoms with Crippen molar-refractivity contribution in [3.8, 4) is 34.0 Å². The summed E-state index contributed by atoms with van der Waals surface area (Å²) >= 11 is 0. The number of nitrogens with zero attached hydrogens (tertiary/aromatic N) is 5. The molecule has 4 aromatic rings. The van der Waals surface area contributed by atoms with Crippen LogP contribution in [0.15, 0.2) is 55.0 Å². The SMILES string of the molecule is COc1cc2ncnc(-c3cn(C)nc3-c3ccccc3)c2cc1O[C@@H]1CCN(C(=O)O)C[C@@H]1F. The molecule has 180 valence electrons. The minimum atomic E-state index is -1.46. The fourth-order valence-electron chi connectivity index (χ4n) is 4.35. The second-order valence-electron chi connectivity index (χ2n) is 8.36. The average Bonchev–Trinajstić information content (AvgIpc) is 3.26. The van der Waals surface area contributed by atoms with Crippen LogP contribution in [0, 0.1) is 0 Å². The van der Waals surface area contributed by atoms with Crippen molar-refractivity contribution < 1.29 is 23.8 Å². The van der Waals surface area contributed by atoms with Crippen molar-refractivity contribution in [1.82, 2.24) is 24.6 Å². The zero-order chi connectivity index (χ0) is 24.5. The van der Waals surface area contributed by atoms with Gasteiger partial charge in [0.05, 0.1) is 24.9 Å². The average molecular weight is 477 g/mol. The number of hydrogen-bond donors (Lipinski definition) is 1. The molecule has 35 heavy (non-hydrogen) atoms. The van der Waals surface area contributed by atoms with Gasteiger partial charge in [-0.1, -0.05) is 30.3 Å². The maximum absolute atomic E-state index is 14.8. The van der Waals surface area contributed by atoms with Crippen LogP contribution in [-0.2, 0) is 7.05 Å². The maximum Gasteiger partial charge on any atom is 0.407 e. The largest absolute Gasteiger partial charge is 0.493 e. The molecular weight excluding hydrogens is 453 g/mol. The van der Waals surface area contributed by atoms with Crippen molar-refractivity contribution >= 4 is 17.0 Å². The number of piperidine rings is 1. The quantitative estimate of drug-likeness (QED) is 0.460. The molecule has 2 atom stereocenters. The second kappa shape index (κ2) is 9.21. The summed E-state index contributed by atoms with van der Waals surface area (Å²) in [6.07, 6.45) is 0.209. The zero-order valence-corrected chi connectivity index (χ0v) is 19.3. The number of ether oxygens (including phenoxy) is 2. The summed E-state index contributed by atoms with van der Waals surface area (Å²) in [7, 11) is 3.35. The van der Waals surface area contributed by atoms with Crippen LogP contribution in [0.4, 0.5) is 9.18 Å². The molecule has 0 unspecified atom stereocenters. The van der Waals surface area contributed by atoms with Crippen LogP contribution in [0.5, 0.6) is 11.5 Å². The lowest BCUT2D eigenvalue weighted by Gasteiger charge is -2.33. The maximum atomic E-state index is 14.8. The van der Waals surface area contributed by atoms with E-state index >= 15 is 0 Å². The molecule has 0 aliphatic carbocycles. The number of alkyl halides is 1. The van der Waals surface area contributed by atoms with Gasteiger partial charge in [-0.2, -0.15) is 5.10 Å². The first-order valence-corrected chi connectivity index (χ1v) is 11.2. The van der Waals surface area contributed by atoms with E-state index < -0.39 is 18.4 Å². The number of rotatable bonds is 5. The van der Waals surface area contributed by atoms with Gasteiger partial charge in [0.1, 0.15) is 18.1 Å². The number of halogens is 1. The van der Waals surface area contributed by atoms with Gasteiger partial charge in [0, 0.05) is 48.8 Å². The highest BCUT2D eigenvalue weighted by atomic mass is 19.1. The summed E-state index contributed by atoms with van der Waals surface area (Å²) in [5.74, 6) is 0.752. The van der Waals surface area contributed by atoms with Crippen LogP contribution in [0.1, 0.15) is 6.42 Å². The van der Waals surface area contributed by atoms with Gasteiger partial charge in [-0.15, -0.1) is 0 Å². The van der Waals surface area contributed by atoms with Crippen molar-refractivity contribution in [2.75, 3.05) is 20.2 Å². The Balaban J connectivity index is 1.57. The molecule has 0 saturated carbocycles. The van der Waals surface area contributed by atoms with E-state index in [1.54, 1.807) is 16.8 Å². The minimum Gasteiger partial charge on any atom is -0.493 e. The predicted molar refractivity (Wildman–Crippen MR) is 127 cm³/mol. The third-order valence-corrected chi connectivity index (χ3v) is 6.08. The number of likely N-dealkylation sites (tertiary alicyclic amines) is 1. The lowest BCUT2D eigenvalue weighted by molar-refractivity contribution is 0.0237. The highest BCUT2D eigenvalue weighted by molar-refractivity contribution is 5.97. The molecule has 2 aromatic carbocycles. The first kappa shape index (κ1) is 22.6. The monoisotopic (exact) mass is 477 g/mol. The van der Waals surface area contributed by atoms with E-state index in [4.69, 9.17) is 14.6 Å². The molecule has 1 aliphatic rings. The normalized spacial score (nSPS) is 18.0. The third-order valence-electron chi connectivity index (χ3n) is 6.08. The van der Waals surface area contributed by atoms with Crippen LogP contribution < -0.4 is 9.47 Å². The van der Waals surface area contributed by atoms with E-state index in [-0.39, 0.29) is 19.5 Å². The van der Waals surface area contributed by atoms with E-state index in [1.807, 2.05) is 43.6 Å². The number of aromatic nitrogens is 4. The molecule has 0 spiro atoms. The zero-order valence-electron chi connectivity index (χ0n) is 19.3. The Bertz CT molecular complexity index is 1380. The molecule has 3 heterocycles. The van der Waals surface area contributed by atoms with Crippen LogP contribution in [0.2, 0.25) is 0 Å². The highest BCUT2D eigenvalue weighted by Gasteiger charge is 2.33. The Morgan fingerprint density at radius 2 is 1.94 bits per heavy atom. The van der Waals surface area contributed by atoms with Gasteiger partial charge in [-0.3, -0.25) is 4.68 Å². The number of benzene rings is 2. The number of aryl methyl sites for hydroxylation is 1. The summed E-state index contributed by atoms with van der Waals surface area (Å²) in [6.45, 7) is -0.0405. The Morgan fingerprint density at radius 1 is 1.14 bits per heavy atom. The molecular formula is C25H24FN5O4. The fraction of sp³-hybridized carbons (Fsp3) is 0.280. The van der Waals surface area contributed by atoms with E-state index in [0.717, 1.165) is 21.7 Å². The van der Waals surface area contributed by atoms with Crippen molar-refractivity contribution in [1.29, 1.82) is 0 Å². The van der Waals surface area contributed by atoms with E-state index in [2.05, 4.69) is 15.1 Å². The van der Waals surface area contributed by atoms with E-state index in [1.165, 1.54) is 13.4 Å². The van der Waals surface area contributed by atoms with E-state index in [0.29, 0.717) is 28.1 Å². The molecule has 5 rings (SSSR count). The molecule has 9 nitrogen and oxygen atoms in total. The van der Waals surface area contributed by atoms with Crippen molar-refractivity contribution in [2.45, 2.75) is 18.7 Å². The Labute approximate surface area is 200 Å². The van der Waals surface area contributed by atoms with Crippen LogP contribution >= 0.6 is 0 Å². The topological polar surface area (TPSA) is 103 Å². The van der Waals surface area contributed by atoms with Gasteiger partial charge < -0.3 is 19.5 Å². The number of carboxylic acid groups (broad SMARTS) is 1. The lowest BCUT2D eigenvalue weighted by Crippen LogP contribution is -2.48. The summed E-state index contributed by atoms with van der Waals surface area (Å²) in [6, 6.07) is 13.3. The van der Waals surface area contributed by atoms with Crippen LogP contribution in [-0.4, -0.2) is 68.3 Å². The van der Waals surface area contributed by atoms with Gasteiger partial charge in [0.2, 0.25) is 0 Å². The first-order chi connectivity index (χ1) is 16.9. The Morgan fingerprint density at radius 3 is 2.66 bits per heavy atom. The number of fused-ring (bicyclic) bond motifs is 1. The van der Waals surface area contributed by atoms with Crippen LogP contribution in [0.25, 0.3) is 33.4 Å². The minimum absolute atomic E-state index is 0.195. The van der Waals surface area contributed by atoms with Crippen LogP contribution in [0.3, 0.4) is 0 Å². The van der Waals surface area contributed by atoms with Gasteiger partial charge in [-0.25, -0.2) is 19.2 Å². The smallest absolute Gasteiger partial charge is 0.407 e. The summed E-state index contributed by atoms with van der Waals surface area (Å²) in [5.41, 5.74) is 3.84. The number of amides is 1. The van der Waals surface area contributed by atoms with Crippen molar-refractivity contribution in [3.05, 3.63) is 55.0 Å². The molecule has 1 saturated heterocycles. The summed E-state index contributed by atoms with van der Waals surface area (Å²) in [5, 5.41) is 14.5. The summed E-state index contributed by atoms with van der Waals surface area (Å²) in [4.78, 5) is 21.2. The third kappa shape index (κ3) is 4.34. The molecule has 1 N–H and O–H groups in total. The predicted octanol–water partition coefficient (Wildman–Crippen LogP) is 4.18. The standard InChI is InChI=1S/C25H24FN5O4/c1-30-12-17(23(29-30)15-6-4-3-5-7-15)24-16-10-22(21(34-2)11-19(16)27-14-28-24)35-20-8-9-31(25(32)33)13-18(20)26/h3-7,10-12,14,18,20H,8-9,13H2,1-2H3,(H,32,33)/t18-,20+/m0/s1. The van der Waals surface area contributed by atoms with Gasteiger partial charge in [-0.05, 0) is 6.07 Å². The first-order valence-electron chi connectivity index (χ1n) is 11.2. The highest BCUT2D eigenvalue weighted by Crippen LogP contribution is 2.39. The fourth-order valence-corrected chi connectivity index (χ4v) is 4.35. The van der Waals surface area contributed by atoms with Gasteiger partial charge in [0.25, 0.3) is 0 Å². The molecule has 0 bridgehead atoms. The molecule has 1 aliphatic heterocycles. The number of hydrogen-bond acceptors (Lipinski definition) is 6. The lowest BCUT2D eigenvalue weighted by atomic mass is 10.0. The van der Waals surface area contributed by atoms with E-state index in [9.17, 15) is 9.18 Å². The van der Waals surface area contributed by atoms with Crippen molar-refractivity contribution in [2.24, 2.45) is 7.05 Å². The molecule has 1 fully saturated rings. The van der Waals surface area contributed by atoms with Gasteiger partial charge in [0.15, 0.2) is 17.7 Å². The Kier molecular flexibility index (Phi) is 5.94. The summed E-state index contributed by atoms with van der Waals surface area (Å²) < 4.78 is 28.1. The molecule has 10 heteroatoms. The second-order valence-corrected chi connectivity index (χ2v) is 8.36. The van der Waals surface area contributed by atoms with Crippen molar-refractivity contribution in [3.63, 3.8) is 0 Å². The molecule has 0 radical (unpaired) electrons. The Hall–Kier alpha value is -4.21.